The predicted octanol–water partition coefficient (Wildman–Crippen LogP) is 3.25. The highest BCUT2D eigenvalue weighted by Gasteiger charge is 2.13. The number of nitrogens with zero attached hydrogens (tertiary/aromatic N) is 2. The fourth-order valence-corrected chi connectivity index (χ4v) is 5.04. The van der Waals surface area contributed by atoms with Crippen LogP contribution < -0.4 is 22.5 Å². The fourth-order valence-electron chi connectivity index (χ4n) is 2.70. The van der Waals surface area contributed by atoms with Gasteiger partial charge in [0, 0.05) is 45.7 Å². The van der Waals surface area contributed by atoms with E-state index < -0.39 is 11.9 Å². The number of pyridine rings is 2. The van der Waals surface area contributed by atoms with Gasteiger partial charge in [-0.05, 0) is 48.5 Å². The first-order chi connectivity index (χ1) is 19.3. The summed E-state index contributed by atoms with van der Waals surface area (Å²) in [6, 6.07) is 19.6. The Labute approximate surface area is 236 Å². The maximum Gasteiger partial charge on any atom is 0.336 e. The van der Waals surface area contributed by atoms with Crippen LogP contribution >= 0.6 is 21.6 Å². The van der Waals surface area contributed by atoms with Gasteiger partial charge in [0.05, 0.1) is 11.1 Å². The van der Waals surface area contributed by atoms with Gasteiger partial charge < -0.3 is 10.2 Å². The molecule has 2 heterocycles. The third-order valence-corrected chi connectivity index (χ3v) is 7.09. The molecule has 8 N–H and O–H groups in total. The van der Waals surface area contributed by atoms with Crippen molar-refractivity contribution in [3.05, 3.63) is 120 Å². The molecule has 206 valence electrons. The van der Waals surface area contributed by atoms with Crippen LogP contribution in [0.2, 0.25) is 0 Å². The lowest BCUT2D eigenvalue weighted by molar-refractivity contribution is 0.0682. The number of nitrogens with two attached hydrogens (primary N) is 2. The molecule has 0 bridgehead atoms. The molecule has 0 radical (unpaired) electrons. The zero-order valence-corrected chi connectivity index (χ0v) is 22.3. The van der Waals surface area contributed by atoms with E-state index >= 15 is 0 Å². The Bertz CT molecular complexity index is 1320. The van der Waals surface area contributed by atoms with Crippen molar-refractivity contribution in [3.63, 3.8) is 0 Å². The van der Waals surface area contributed by atoms with Crippen molar-refractivity contribution < 1.29 is 29.4 Å². The summed E-state index contributed by atoms with van der Waals surface area (Å²) in [5.41, 5.74) is 5.46. The number of nitrogens with one attached hydrogen (secondary N) is 2. The number of carboxylic acid groups (broad SMARTS) is 2. The Morgan fingerprint density at radius 3 is 1.20 bits per heavy atom. The molecule has 2 amide bonds. The molecular weight excluding hydrogens is 556 g/mol. The van der Waals surface area contributed by atoms with Gasteiger partial charge in [0.1, 0.15) is 0 Å². The zero-order valence-electron chi connectivity index (χ0n) is 20.6. The van der Waals surface area contributed by atoms with Crippen LogP contribution in [0.4, 0.5) is 0 Å². The van der Waals surface area contributed by atoms with Crippen molar-refractivity contribution in [3.8, 4) is 0 Å². The van der Waals surface area contributed by atoms with Gasteiger partial charge >= 0.3 is 11.9 Å². The average molecular weight is 581 g/mol. The van der Waals surface area contributed by atoms with Gasteiger partial charge in [0.15, 0.2) is 0 Å². The number of rotatable bonds is 7. The molecule has 4 aromatic rings. The molecule has 0 atom stereocenters. The highest BCUT2D eigenvalue weighted by atomic mass is 33.1. The summed E-state index contributed by atoms with van der Waals surface area (Å²) in [7, 11) is 2.47. The summed E-state index contributed by atoms with van der Waals surface area (Å²) in [5, 5.41) is 18.2. The molecule has 0 spiro atoms. The number of carbonyl (C=O) groups is 4. The van der Waals surface area contributed by atoms with Crippen molar-refractivity contribution in [2.45, 2.75) is 9.79 Å². The Morgan fingerprint density at radius 2 is 0.900 bits per heavy atom. The number of carboxylic acids is 2. The summed E-state index contributed by atoms with van der Waals surface area (Å²) in [6.45, 7) is 0. The first-order valence-electron chi connectivity index (χ1n) is 11.1. The van der Waals surface area contributed by atoms with Gasteiger partial charge in [-0.3, -0.25) is 30.4 Å². The zero-order chi connectivity index (χ0) is 29.3. The number of hydrogen-bond acceptors (Lipinski definition) is 10. The van der Waals surface area contributed by atoms with Gasteiger partial charge in [0.25, 0.3) is 11.8 Å². The molecule has 0 saturated heterocycles. The molecule has 2 aromatic heterocycles. The SMILES string of the molecule is NNC(=O)c1ccncc1.NNC(=O)c1ccncc1.O=C(O)c1ccccc1SSc1ccccc1C(=O)O. The highest BCUT2D eigenvalue weighted by molar-refractivity contribution is 8.76. The van der Waals surface area contributed by atoms with Gasteiger partial charge in [-0.1, -0.05) is 45.9 Å². The van der Waals surface area contributed by atoms with E-state index in [1.165, 1.54) is 58.5 Å². The second kappa shape index (κ2) is 17.0. The lowest BCUT2D eigenvalue weighted by Gasteiger charge is -2.06. The third kappa shape index (κ3) is 10.2. The van der Waals surface area contributed by atoms with Gasteiger partial charge in [-0.15, -0.1) is 0 Å². The predicted molar refractivity (Wildman–Crippen MR) is 150 cm³/mol. The summed E-state index contributed by atoms with van der Waals surface area (Å²) in [5.74, 6) is 7.16. The second-order valence-corrected chi connectivity index (χ2v) is 9.40. The number of aromatic carboxylic acids is 2. The standard InChI is InChI=1S/C14H10O4S2.2C6H7N3O/c15-13(16)9-5-1-3-7-11(9)19-20-12-8-4-2-6-10(12)14(17)18;2*7-9-6(10)5-1-3-8-4-2-5/h1-8H,(H,15,16)(H,17,18);2*1-4H,7H2,(H,9,10). The highest BCUT2D eigenvalue weighted by Crippen LogP contribution is 2.40. The lowest BCUT2D eigenvalue weighted by atomic mass is 10.2. The molecule has 0 unspecified atom stereocenters. The number of carbonyl (C=O) groups excluding carboxylic acids is 2. The number of hydrogen-bond donors (Lipinski definition) is 6. The maximum atomic E-state index is 11.1. The first-order valence-corrected chi connectivity index (χ1v) is 13.2. The van der Waals surface area contributed by atoms with Crippen LogP contribution in [0, 0.1) is 0 Å². The molecule has 0 aliphatic rings. The number of nitrogen functional groups attached to an aromatic ring is 2. The van der Waals surface area contributed by atoms with E-state index in [2.05, 4.69) is 9.97 Å². The maximum absolute atomic E-state index is 11.1. The topological polar surface area (TPSA) is 211 Å². The van der Waals surface area contributed by atoms with Crippen molar-refractivity contribution in [2.24, 2.45) is 11.7 Å². The average Bonchev–Trinajstić information content (AvgIpc) is 3.01. The molecule has 12 nitrogen and oxygen atoms in total. The van der Waals surface area contributed by atoms with Crippen LogP contribution in [0.15, 0.2) is 107 Å². The third-order valence-electron chi connectivity index (χ3n) is 4.60. The van der Waals surface area contributed by atoms with E-state index in [4.69, 9.17) is 21.9 Å². The minimum Gasteiger partial charge on any atom is -0.478 e. The van der Waals surface area contributed by atoms with Crippen LogP contribution in [-0.4, -0.2) is 43.9 Å². The molecule has 4 rings (SSSR count). The Morgan fingerprint density at radius 1 is 0.575 bits per heavy atom. The van der Waals surface area contributed by atoms with Crippen LogP contribution in [0.25, 0.3) is 0 Å². The minimum atomic E-state index is -1.000. The van der Waals surface area contributed by atoms with Gasteiger partial charge in [-0.25, -0.2) is 21.3 Å². The Kier molecular flexibility index (Phi) is 13.3. The van der Waals surface area contributed by atoms with Gasteiger partial charge in [-0.2, -0.15) is 0 Å². The lowest BCUT2D eigenvalue weighted by Crippen LogP contribution is -2.29. The van der Waals surface area contributed by atoms with Crippen molar-refractivity contribution in [1.29, 1.82) is 0 Å². The molecule has 0 aliphatic heterocycles. The van der Waals surface area contributed by atoms with E-state index in [0.29, 0.717) is 20.9 Å². The molecule has 40 heavy (non-hydrogen) atoms. The molecule has 0 aliphatic carbocycles. The minimum absolute atomic E-state index is 0.206. The summed E-state index contributed by atoms with van der Waals surface area (Å²) >= 11 is 0. The van der Waals surface area contributed by atoms with Crippen molar-refractivity contribution in [2.75, 3.05) is 0 Å². The molecule has 2 aromatic carbocycles. The molecule has 14 heteroatoms. The second-order valence-electron chi connectivity index (χ2n) is 7.19. The summed E-state index contributed by atoms with van der Waals surface area (Å²) < 4.78 is 0. The first kappa shape index (κ1) is 31.5. The Hall–Kier alpha value is -4.76. The van der Waals surface area contributed by atoms with Crippen molar-refractivity contribution >= 4 is 45.3 Å². The van der Waals surface area contributed by atoms with Crippen LogP contribution in [0.1, 0.15) is 41.4 Å². The van der Waals surface area contributed by atoms with E-state index in [-0.39, 0.29) is 22.9 Å². The van der Waals surface area contributed by atoms with Crippen molar-refractivity contribution in [1.82, 2.24) is 20.8 Å². The molecule has 0 fully saturated rings. The largest absolute Gasteiger partial charge is 0.478 e. The fraction of sp³-hybridized carbons (Fsp3) is 0. The van der Waals surface area contributed by atoms with Crippen LogP contribution in [0.5, 0.6) is 0 Å². The molecule has 0 saturated carbocycles. The molecular formula is C26H24N6O6S2. The quantitative estimate of drug-likeness (QED) is 0.0805. The monoisotopic (exact) mass is 580 g/mol. The smallest absolute Gasteiger partial charge is 0.336 e. The number of hydrazine groups is 2. The van der Waals surface area contributed by atoms with E-state index in [1.807, 2.05) is 10.9 Å². The van der Waals surface area contributed by atoms with Crippen LogP contribution in [0.3, 0.4) is 0 Å². The van der Waals surface area contributed by atoms with Crippen LogP contribution in [-0.2, 0) is 0 Å². The van der Waals surface area contributed by atoms with E-state index in [1.54, 1.807) is 60.7 Å². The van der Waals surface area contributed by atoms with E-state index in [9.17, 15) is 19.2 Å². The van der Waals surface area contributed by atoms with E-state index in [0.717, 1.165) is 0 Å². The number of benzene rings is 2. The number of amides is 2. The summed E-state index contributed by atoms with van der Waals surface area (Å²) in [4.78, 5) is 52.3. The Balaban J connectivity index is 0.000000235. The normalized spacial score (nSPS) is 9.55. The van der Waals surface area contributed by atoms with Gasteiger partial charge in [0.2, 0.25) is 0 Å². The summed E-state index contributed by atoms with van der Waals surface area (Å²) in [6.07, 6.45) is 6.13. The number of aromatic nitrogens is 2.